The highest BCUT2D eigenvalue weighted by Crippen LogP contribution is 2.48. The summed E-state index contributed by atoms with van der Waals surface area (Å²) in [4.78, 5) is 1.31. The molecule has 7 heteroatoms. The number of thioether (sulfide) groups is 2. The molecule has 0 bridgehead atoms. The van der Waals surface area contributed by atoms with Crippen LogP contribution in [0.5, 0.6) is 0 Å². The molecular formula is C58H65N4S3+. The molecule has 0 saturated heterocycles. The maximum absolute atomic E-state index is 4.82. The number of unbranched alkanes of at least 4 members (excludes halogenated alkanes) is 2. The van der Waals surface area contributed by atoms with E-state index in [1.165, 1.54) is 71.4 Å². The summed E-state index contributed by atoms with van der Waals surface area (Å²) in [6.07, 6.45) is 20.4. The molecular weight excluding hydrogens is 849 g/mol. The maximum Gasteiger partial charge on any atom is 0.210 e. The van der Waals surface area contributed by atoms with Crippen LogP contribution in [0.15, 0.2) is 164 Å². The minimum atomic E-state index is -0.248. The van der Waals surface area contributed by atoms with Gasteiger partial charge in [-0.1, -0.05) is 198 Å². The van der Waals surface area contributed by atoms with Crippen molar-refractivity contribution >= 4 is 73.9 Å². The lowest BCUT2D eigenvalue weighted by Crippen LogP contribution is -2.31. The van der Waals surface area contributed by atoms with Crippen LogP contribution in [0.4, 0.5) is 5.69 Å². The smallest absolute Gasteiger partial charge is 0.210 e. The van der Waals surface area contributed by atoms with Crippen LogP contribution in [0.1, 0.15) is 115 Å². The average Bonchev–Trinajstić information content (AvgIpc) is 3.89. The van der Waals surface area contributed by atoms with E-state index in [0.29, 0.717) is 0 Å². The highest BCUT2D eigenvalue weighted by atomic mass is 32.2. The van der Waals surface area contributed by atoms with Crippen molar-refractivity contribution < 1.29 is 4.58 Å². The van der Waals surface area contributed by atoms with Crippen LogP contribution in [0.3, 0.4) is 0 Å². The number of hydrogen-bond acceptors (Lipinski definition) is 6. The molecule has 0 fully saturated rings. The standard InChI is InChI=1S/C58H64N4S3/c1-8-12-38-59-51(57(5,6)49-27-19-22-43-20-14-16-25-47(43)49)36-33-45-23-18-24-46(54(45)64-56-61-60-55(65-56)63-40-42-30-28-41(10-3)29-31-42)34-37-52-58(7,11-4)53-48-26-17-15-21-44(48)32-35-50(53)62(52)39-13-9-2/h10,14-17,19-22,25-37H,3,8-9,11-13,18,23-24,38-40H2,1-2,4-7H3/p+1. The van der Waals surface area contributed by atoms with Crippen LogP contribution < -0.4 is 5.32 Å². The molecule has 8 rings (SSSR count). The lowest BCUT2D eigenvalue weighted by atomic mass is 9.75. The van der Waals surface area contributed by atoms with Crippen LogP contribution in [0, 0.1) is 0 Å². The molecule has 2 heterocycles. The highest BCUT2D eigenvalue weighted by molar-refractivity contribution is 8.05. The average molecular weight is 914 g/mol. The van der Waals surface area contributed by atoms with Gasteiger partial charge in [0.25, 0.3) is 0 Å². The molecule has 1 unspecified atom stereocenters. The Labute approximate surface area is 400 Å². The van der Waals surface area contributed by atoms with Crippen molar-refractivity contribution in [1.82, 2.24) is 15.5 Å². The summed E-state index contributed by atoms with van der Waals surface area (Å²) in [5.41, 5.74) is 11.6. The first-order valence-corrected chi connectivity index (χ1v) is 26.4. The first kappa shape index (κ1) is 46.6. The molecule has 4 nitrogen and oxygen atoms in total. The number of nitrogens with zero attached hydrogens (tertiary/aromatic N) is 3. The zero-order chi connectivity index (χ0) is 45.4. The van der Waals surface area contributed by atoms with Gasteiger partial charge in [0.1, 0.15) is 6.54 Å². The third-order valence-corrected chi connectivity index (χ3v) is 17.0. The second-order valence-corrected chi connectivity index (χ2v) is 21.6. The van der Waals surface area contributed by atoms with Crippen LogP contribution in [0.2, 0.25) is 0 Å². The van der Waals surface area contributed by atoms with Crippen molar-refractivity contribution in [2.24, 2.45) is 0 Å². The van der Waals surface area contributed by atoms with Gasteiger partial charge in [0.05, 0.1) is 5.41 Å². The van der Waals surface area contributed by atoms with E-state index in [-0.39, 0.29) is 10.8 Å². The van der Waals surface area contributed by atoms with Gasteiger partial charge in [-0.25, -0.2) is 0 Å². The molecule has 65 heavy (non-hydrogen) atoms. The number of rotatable bonds is 19. The lowest BCUT2D eigenvalue weighted by molar-refractivity contribution is -0.438. The first-order chi connectivity index (χ1) is 31.7. The topological polar surface area (TPSA) is 40.8 Å². The third-order valence-electron chi connectivity index (χ3n) is 13.6. The number of allylic oxidation sites excluding steroid dienone is 7. The molecule has 1 N–H and O–H groups in total. The summed E-state index contributed by atoms with van der Waals surface area (Å²) in [5.74, 6) is 0.852. The fourth-order valence-corrected chi connectivity index (χ4v) is 12.8. The van der Waals surface area contributed by atoms with Crippen molar-refractivity contribution in [3.63, 3.8) is 0 Å². The van der Waals surface area contributed by atoms with Gasteiger partial charge in [-0.3, -0.25) is 0 Å². The van der Waals surface area contributed by atoms with Gasteiger partial charge in [0.15, 0.2) is 14.4 Å². The largest absolute Gasteiger partial charge is 0.388 e. The Bertz CT molecular complexity index is 2810. The van der Waals surface area contributed by atoms with Gasteiger partial charge in [-0.2, -0.15) is 4.58 Å². The Balaban J connectivity index is 1.21. The van der Waals surface area contributed by atoms with Crippen molar-refractivity contribution in [3.8, 4) is 0 Å². The fourth-order valence-electron chi connectivity index (χ4n) is 9.61. The fraction of sp³-hybridized carbons (Fsp3) is 0.328. The summed E-state index contributed by atoms with van der Waals surface area (Å²) in [6.45, 7) is 20.0. The molecule has 1 aromatic heterocycles. The molecule has 0 radical (unpaired) electrons. The van der Waals surface area contributed by atoms with Crippen molar-refractivity contribution in [2.75, 3.05) is 13.1 Å². The summed E-state index contributed by atoms with van der Waals surface area (Å²) in [5, 5.41) is 18.7. The van der Waals surface area contributed by atoms with Gasteiger partial charge in [0, 0.05) is 52.4 Å². The summed E-state index contributed by atoms with van der Waals surface area (Å²) < 4.78 is 4.62. The number of nitrogens with one attached hydrogen (secondary N) is 1. The van der Waals surface area contributed by atoms with Crippen LogP contribution in [-0.2, 0) is 16.6 Å². The normalized spacial score (nSPS) is 17.6. The molecule has 1 atom stereocenters. The van der Waals surface area contributed by atoms with Crippen molar-refractivity contribution in [1.29, 1.82) is 0 Å². The molecule has 6 aromatic rings. The summed E-state index contributed by atoms with van der Waals surface area (Å²) >= 11 is 5.28. The quantitative estimate of drug-likeness (QED) is 0.0498. The van der Waals surface area contributed by atoms with Crippen LogP contribution in [-0.4, -0.2) is 33.6 Å². The zero-order valence-corrected chi connectivity index (χ0v) is 41.7. The first-order valence-electron chi connectivity index (χ1n) is 23.8. The van der Waals surface area contributed by atoms with Crippen LogP contribution >= 0.6 is 34.9 Å². The second kappa shape index (κ2) is 21.1. The summed E-state index contributed by atoms with van der Waals surface area (Å²) in [7, 11) is 0. The minimum Gasteiger partial charge on any atom is -0.388 e. The number of hydrogen-bond donors (Lipinski definition) is 1. The maximum atomic E-state index is 4.82. The van der Waals surface area contributed by atoms with Gasteiger partial charge in [-0.15, -0.1) is 10.2 Å². The van der Waals surface area contributed by atoms with Crippen molar-refractivity contribution in [3.05, 3.63) is 178 Å². The van der Waals surface area contributed by atoms with E-state index in [0.717, 1.165) is 84.5 Å². The molecule has 0 spiro atoms. The molecule has 2 aliphatic rings. The molecule has 1 aliphatic carbocycles. The monoisotopic (exact) mass is 913 g/mol. The Morgan fingerprint density at radius 1 is 0.831 bits per heavy atom. The van der Waals surface area contributed by atoms with Gasteiger partial charge < -0.3 is 5.32 Å². The Hall–Kier alpha value is -4.95. The molecule has 0 saturated carbocycles. The molecule has 0 amide bonds. The van der Waals surface area contributed by atoms with E-state index in [1.807, 2.05) is 17.8 Å². The number of fused-ring (bicyclic) bond motifs is 4. The van der Waals surface area contributed by atoms with E-state index in [9.17, 15) is 0 Å². The van der Waals surface area contributed by atoms with E-state index in [2.05, 4.69) is 185 Å². The molecule has 1 aliphatic heterocycles. The highest BCUT2D eigenvalue weighted by Gasteiger charge is 2.47. The van der Waals surface area contributed by atoms with Gasteiger partial charge in [-0.05, 0) is 101 Å². The van der Waals surface area contributed by atoms with E-state index < -0.39 is 0 Å². The van der Waals surface area contributed by atoms with E-state index in [4.69, 9.17) is 10.2 Å². The van der Waals surface area contributed by atoms with E-state index in [1.54, 1.807) is 23.1 Å². The predicted octanol–water partition coefficient (Wildman–Crippen LogP) is 16.3. The Kier molecular flexibility index (Phi) is 15.1. The number of aromatic nitrogens is 2. The van der Waals surface area contributed by atoms with Crippen LogP contribution in [0.25, 0.3) is 27.6 Å². The summed E-state index contributed by atoms with van der Waals surface area (Å²) in [6, 6.07) is 37.8. The van der Waals surface area contributed by atoms with E-state index >= 15 is 0 Å². The Morgan fingerprint density at radius 2 is 1.55 bits per heavy atom. The lowest BCUT2D eigenvalue weighted by Gasteiger charge is -2.31. The van der Waals surface area contributed by atoms with Gasteiger partial charge in [0.2, 0.25) is 5.69 Å². The predicted molar refractivity (Wildman–Crippen MR) is 284 cm³/mol. The third kappa shape index (κ3) is 10.1. The van der Waals surface area contributed by atoms with Crippen molar-refractivity contribution in [2.45, 2.75) is 118 Å². The number of benzene rings is 5. The molecule has 5 aromatic carbocycles. The zero-order valence-electron chi connectivity index (χ0n) is 39.3. The Morgan fingerprint density at radius 3 is 2.31 bits per heavy atom. The second-order valence-electron chi connectivity index (χ2n) is 18.2. The SMILES string of the molecule is C=Cc1ccc(CSc2nnc(SC3=C(C=CC4=[N+](CCCC)c5ccc6ccccc6c5C4(C)CC)CCCC3=CC=C(NCCCC)C(C)(C)c3cccc4ccccc34)s2)cc1. The molecule has 334 valence electrons. The van der Waals surface area contributed by atoms with Gasteiger partial charge >= 0.3 is 0 Å². The minimum absolute atomic E-state index is 0.117.